The Morgan fingerprint density at radius 2 is 1.88 bits per heavy atom. The number of aryl methyl sites for hydroxylation is 2. The van der Waals surface area contributed by atoms with Gasteiger partial charge in [-0.1, -0.05) is 23.8 Å². The number of amides is 2. The third-order valence-corrected chi connectivity index (χ3v) is 4.51. The van der Waals surface area contributed by atoms with Crippen molar-refractivity contribution in [2.75, 3.05) is 16.8 Å². The Bertz CT molecular complexity index is 877. The fourth-order valence-electron chi connectivity index (χ4n) is 2.99. The van der Waals surface area contributed by atoms with E-state index in [0.29, 0.717) is 17.8 Å². The highest BCUT2D eigenvalue weighted by atomic mass is 16.6. The van der Waals surface area contributed by atoms with Crippen LogP contribution in [0.4, 0.5) is 17.1 Å². The van der Waals surface area contributed by atoms with Crippen molar-refractivity contribution >= 4 is 28.9 Å². The number of carbonyl (C=O) groups excluding carboxylic acids is 2. The molecule has 0 unspecified atom stereocenters. The number of nitrogens with zero attached hydrogens (tertiary/aromatic N) is 2. The first-order valence-corrected chi connectivity index (χ1v) is 8.28. The molecule has 3 rings (SSSR count). The molecule has 1 saturated heterocycles. The van der Waals surface area contributed by atoms with Gasteiger partial charge in [0.05, 0.1) is 10.8 Å². The summed E-state index contributed by atoms with van der Waals surface area (Å²) in [6, 6.07) is 12.1. The van der Waals surface area contributed by atoms with Crippen LogP contribution in [-0.2, 0) is 9.59 Å². The molecule has 26 heavy (non-hydrogen) atoms. The highest BCUT2D eigenvalue weighted by molar-refractivity contribution is 6.03. The van der Waals surface area contributed by atoms with Crippen molar-refractivity contribution in [3.8, 4) is 0 Å². The van der Waals surface area contributed by atoms with Gasteiger partial charge >= 0.3 is 0 Å². The Morgan fingerprint density at radius 1 is 1.19 bits per heavy atom. The third kappa shape index (κ3) is 3.56. The summed E-state index contributed by atoms with van der Waals surface area (Å²) in [7, 11) is 0. The SMILES string of the molecule is Cc1ccc(N2C[C@@H](C(=O)Nc3ccc(C)c([N+](=O)[O-])c3)CC2=O)cc1. The summed E-state index contributed by atoms with van der Waals surface area (Å²) in [6.07, 6.45) is 0.119. The molecule has 2 aromatic carbocycles. The van der Waals surface area contributed by atoms with E-state index in [1.807, 2.05) is 31.2 Å². The van der Waals surface area contributed by atoms with Crippen molar-refractivity contribution in [2.45, 2.75) is 20.3 Å². The van der Waals surface area contributed by atoms with E-state index < -0.39 is 10.8 Å². The molecule has 0 bridgehead atoms. The predicted octanol–water partition coefficient (Wildman–Crippen LogP) is 3.20. The smallest absolute Gasteiger partial charge is 0.274 e. The van der Waals surface area contributed by atoms with E-state index in [0.717, 1.165) is 11.3 Å². The van der Waals surface area contributed by atoms with E-state index in [9.17, 15) is 19.7 Å². The largest absolute Gasteiger partial charge is 0.326 e. The number of hydrogen-bond donors (Lipinski definition) is 1. The highest BCUT2D eigenvalue weighted by Crippen LogP contribution is 2.27. The summed E-state index contributed by atoms with van der Waals surface area (Å²) < 4.78 is 0. The minimum Gasteiger partial charge on any atom is -0.326 e. The lowest BCUT2D eigenvalue weighted by molar-refractivity contribution is -0.385. The number of nitro groups is 1. The Kier molecular flexibility index (Phi) is 4.71. The molecule has 0 radical (unpaired) electrons. The number of nitrogens with one attached hydrogen (secondary N) is 1. The second-order valence-corrected chi connectivity index (χ2v) is 6.49. The second-order valence-electron chi connectivity index (χ2n) is 6.49. The summed E-state index contributed by atoms with van der Waals surface area (Å²) in [4.78, 5) is 36.9. The van der Waals surface area contributed by atoms with Gasteiger partial charge in [0, 0.05) is 36.0 Å². The zero-order valence-corrected chi connectivity index (χ0v) is 14.6. The minimum absolute atomic E-state index is 0.0495. The van der Waals surface area contributed by atoms with Gasteiger partial charge < -0.3 is 10.2 Å². The molecule has 0 spiro atoms. The quantitative estimate of drug-likeness (QED) is 0.675. The van der Waals surface area contributed by atoms with E-state index in [2.05, 4.69) is 5.32 Å². The topological polar surface area (TPSA) is 92.6 Å². The minimum atomic E-state index is -0.496. The summed E-state index contributed by atoms with van der Waals surface area (Å²) in [6.45, 7) is 3.90. The molecule has 1 N–H and O–H groups in total. The summed E-state index contributed by atoms with van der Waals surface area (Å²) in [5, 5.41) is 13.7. The second kappa shape index (κ2) is 6.95. The van der Waals surface area contributed by atoms with Crippen LogP contribution in [0.15, 0.2) is 42.5 Å². The molecule has 0 aromatic heterocycles. The Morgan fingerprint density at radius 3 is 2.54 bits per heavy atom. The average molecular weight is 353 g/mol. The Hall–Kier alpha value is -3.22. The van der Waals surface area contributed by atoms with Gasteiger partial charge in [0.1, 0.15) is 0 Å². The molecule has 1 fully saturated rings. The van der Waals surface area contributed by atoms with Crippen LogP contribution in [0.1, 0.15) is 17.5 Å². The van der Waals surface area contributed by atoms with Crippen molar-refractivity contribution < 1.29 is 14.5 Å². The molecule has 7 nitrogen and oxygen atoms in total. The first-order valence-electron chi connectivity index (χ1n) is 8.28. The number of benzene rings is 2. The Labute approximate surface area is 150 Å². The maximum absolute atomic E-state index is 12.5. The van der Waals surface area contributed by atoms with Gasteiger partial charge in [-0.25, -0.2) is 0 Å². The van der Waals surface area contributed by atoms with Crippen LogP contribution in [-0.4, -0.2) is 23.3 Å². The van der Waals surface area contributed by atoms with E-state index in [-0.39, 0.29) is 23.9 Å². The molecule has 2 aromatic rings. The molecule has 0 aliphatic carbocycles. The van der Waals surface area contributed by atoms with Crippen molar-refractivity contribution in [1.29, 1.82) is 0 Å². The zero-order valence-electron chi connectivity index (χ0n) is 14.6. The van der Waals surface area contributed by atoms with E-state index in [1.54, 1.807) is 24.0 Å². The van der Waals surface area contributed by atoms with Crippen LogP contribution in [0.5, 0.6) is 0 Å². The number of nitro benzene ring substituents is 1. The van der Waals surface area contributed by atoms with E-state index in [1.165, 1.54) is 6.07 Å². The van der Waals surface area contributed by atoms with Crippen molar-refractivity contribution in [3.63, 3.8) is 0 Å². The van der Waals surface area contributed by atoms with Gasteiger partial charge in [-0.2, -0.15) is 0 Å². The maximum atomic E-state index is 12.5. The van der Waals surface area contributed by atoms with Gasteiger partial charge in [-0.3, -0.25) is 19.7 Å². The normalized spacial score (nSPS) is 16.6. The van der Waals surface area contributed by atoms with Crippen LogP contribution >= 0.6 is 0 Å². The van der Waals surface area contributed by atoms with E-state index >= 15 is 0 Å². The number of anilines is 2. The molecule has 7 heteroatoms. The maximum Gasteiger partial charge on any atom is 0.274 e. The molecule has 2 amide bonds. The highest BCUT2D eigenvalue weighted by Gasteiger charge is 2.35. The number of hydrogen-bond acceptors (Lipinski definition) is 4. The van der Waals surface area contributed by atoms with Gasteiger partial charge in [0.2, 0.25) is 11.8 Å². The third-order valence-electron chi connectivity index (χ3n) is 4.51. The van der Waals surface area contributed by atoms with Gasteiger partial charge in [0.15, 0.2) is 0 Å². The fourth-order valence-corrected chi connectivity index (χ4v) is 2.99. The van der Waals surface area contributed by atoms with Gasteiger partial charge in [-0.05, 0) is 32.0 Å². The summed E-state index contributed by atoms with van der Waals surface area (Å²) >= 11 is 0. The van der Waals surface area contributed by atoms with Crippen molar-refractivity contribution in [1.82, 2.24) is 0 Å². The molecule has 1 atom stereocenters. The van der Waals surface area contributed by atoms with Gasteiger partial charge in [-0.15, -0.1) is 0 Å². The summed E-state index contributed by atoms with van der Waals surface area (Å²) in [5.41, 5.74) is 2.69. The lowest BCUT2D eigenvalue weighted by atomic mass is 10.1. The first-order chi connectivity index (χ1) is 12.3. The van der Waals surface area contributed by atoms with Gasteiger partial charge in [0.25, 0.3) is 5.69 Å². The lowest BCUT2D eigenvalue weighted by Gasteiger charge is -2.17. The van der Waals surface area contributed by atoms with Crippen molar-refractivity contribution in [3.05, 3.63) is 63.7 Å². The van der Waals surface area contributed by atoms with E-state index in [4.69, 9.17) is 0 Å². The van der Waals surface area contributed by atoms with Crippen LogP contribution in [0.25, 0.3) is 0 Å². The fraction of sp³-hybridized carbons (Fsp3) is 0.263. The monoisotopic (exact) mass is 353 g/mol. The average Bonchev–Trinajstić information content (AvgIpc) is 2.99. The standard InChI is InChI=1S/C19H19N3O4/c1-12-3-7-16(8-4-12)21-11-14(9-18(21)23)19(24)20-15-6-5-13(2)17(10-15)22(25)26/h3-8,10,14H,9,11H2,1-2H3,(H,20,24)/t14-/m0/s1. The molecular formula is C19H19N3O4. The van der Waals surface area contributed by atoms with Crippen LogP contribution in [0.3, 0.4) is 0 Å². The Balaban J connectivity index is 1.71. The number of rotatable bonds is 4. The summed E-state index contributed by atoms with van der Waals surface area (Å²) in [5.74, 6) is -0.917. The molecule has 1 heterocycles. The van der Waals surface area contributed by atoms with Crippen LogP contribution < -0.4 is 10.2 Å². The first kappa shape index (κ1) is 17.6. The molecule has 0 saturated carbocycles. The van der Waals surface area contributed by atoms with Crippen LogP contribution in [0.2, 0.25) is 0 Å². The molecular weight excluding hydrogens is 334 g/mol. The lowest BCUT2D eigenvalue weighted by Crippen LogP contribution is -2.28. The number of carbonyl (C=O) groups is 2. The predicted molar refractivity (Wildman–Crippen MR) is 98.1 cm³/mol. The van der Waals surface area contributed by atoms with Crippen LogP contribution in [0, 0.1) is 29.9 Å². The molecule has 1 aliphatic heterocycles. The molecule has 1 aliphatic rings. The zero-order chi connectivity index (χ0) is 18.8. The van der Waals surface area contributed by atoms with Crippen molar-refractivity contribution in [2.24, 2.45) is 5.92 Å². The molecule has 134 valence electrons.